The number of fused-ring (bicyclic) bond motifs is 1. The Morgan fingerprint density at radius 1 is 1.19 bits per heavy atom. The molecule has 0 atom stereocenters. The number of nitrogens with zero attached hydrogens (tertiary/aromatic N) is 3. The maximum Gasteiger partial charge on any atom is 0.290 e. The van der Waals surface area contributed by atoms with Crippen LogP contribution in [0.25, 0.3) is 16.8 Å². The molecule has 1 amide bonds. The van der Waals surface area contributed by atoms with Crippen LogP contribution in [0.15, 0.2) is 58.5 Å². The number of thioether (sulfide) groups is 1. The molecule has 31 heavy (non-hydrogen) atoms. The molecule has 0 saturated carbocycles. The Bertz CT molecular complexity index is 1310. The smallest absolute Gasteiger partial charge is 0.290 e. The molecule has 4 rings (SSSR count). The molecule has 2 aromatic carbocycles. The molecule has 0 bridgehead atoms. The van der Waals surface area contributed by atoms with E-state index in [0.717, 1.165) is 23.7 Å². The number of aromatic nitrogens is 4. The molecule has 0 radical (unpaired) electrons. The molecule has 9 heteroatoms. The molecule has 0 fully saturated rings. The van der Waals surface area contributed by atoms with Crippen molar-refractivity contribution in [2.24, 2.45) is 0 Å². The number of carbonyl (C=O) groups excluding carboxylic acids is 1. The Labute approximate surface area is 181 Å². The van der Waals surface area contributed by atoms with Gasteiger partial charge in [-0.3, -0.25) is 9.59 Å². The Hall–Kier alpha value is -3.46. The second-order valence-electron chi connectivity index (χ2n) is 7.01. The third-order valence-electron chi connectivity index (χ3n) is 4.82. The lowest BCUT2D eigenvalue weighted by Gasteiger charge is -2.06. The SMILES string of the molecule is CCc1ccc(-c2cc3c(=O)[nH]nc(SCC(=O)Nc4ccc(C)c(F)c4)n3n2)cc1. The monoisotopic (exact) mass is 437 g/mol. The minimum atomic E-state index is -0.384. The quantitative estimate of drug-likeness (QED) is 0.448. The van der Waals surface area contributed by atoms with Crippen LogP contribution in [0, 0.1) is 12.7 Å². The van der Waals surface area contributed by atoms with Crippen LogP contribution in [0.5, 0.6) is 0 Å². The first-order valence-corrected chi connectivity index (χ1v) is 10.7. The van der Waals surface area contributed by atoms with Crippen molar-refractivity contribution in [3.05, 3.63) is 75.8 Å². The van der Waals surface area contributed by atoms with Gasteiger partial charge in [-0.05, 0) is 42.7 Å². The summed E-state index contributed by atoms with van der Waals surface area (Å²) in [6, 6.07) is 14.2. The third kappa shape index (κ3) is 4.51. The average Bonchev–Trinajstić information content (AvgIpc) is 3.22. The molecular formula is C22H20FN5O2S. The van der Waals surface area contributed by atoms with Gasteiger partial charge in [-0.25, -0.2) is 14.0 Å². The lowest BCUT2D eigenvalue weighted by molar-refractivity contribution is -0.113. The van der Waals surface area contributed by atoms with E-state index in [1.807, 2.05) is 24.3 Å². The molecule has 158 valence electrons. The zero-order chi connectivity index (χ0) is 22.0. The van der Waals surface area contributed by atoms with Gasteiger partial charge in [0.25, 0.3) is 5.56 Å². The number of anilines is 1. The lowest BCUT2D eigenvalue weighted by atomic mass is 10.1. The van der Waals surface area contributed by atoms with Crippen LogP contribution in [0.2, 0.25) is 0 Å². The Morgan fingerprint density at radius 2 is 1.97 bits per heavy atom. The summed E-state index contributed by atoms with van der Waals surface area (Å²) in [5, 5.41) is 14.0. The molecule has 0 unspecified atom stereocenters. The van der Waals surface area contributed by atoms with Crippen molar-refractivity contribution in [1.29, 1.82) is 0 Å². The molecule has 0 aliphatic carbocycles. The summed E-state index contributed by atoms with van der Waals surface area (Å²) < 4.78 is 15.1. The minimum absolute atomic E-state index is 0.0179. The zero-order valence-corrected chi connectivity index (χ0v) is 17.8. The maximum absolute atomic E-state index is 13.7. The highest BCUT2D eigenvalue weighted by Gasteiger charge is 2.14. The first kappa shape index (κ1) is 20.8. The van der Waals surface area contributed by atoms with Gasteiger partial charge in [0.2, 0.25) is 11.1 Å². The number of nitrogens with one attached hydrogen (secondary N) is 2. The van der Waals surface area contributed by atoms with Crippen LogP contribution < -0.4 is 10.9 Å². The first-order valence-electron chi connectivity index (χ1n) is 9.71. The van der Waals surface area contributed by atoms with Crippen LogP contribution in [0.4, 0.5) is 10.1 Å². The van der Waals surface area contributed by atoms with Crippen molar-refractivity contribution >= 4 is 28.9 Å². The van der Waals surface area contributed by atoms with Crippen LogP contribution in [-0.2, 0) is 11.2 Å². The third-order valence-corrected chi connectivity index (χ3v) is 5.75. The van der Waals surface area contributed by atoms with Crippen LogP contribution in [-0.4, -0.2) is 31.5 Å². The minimum Gasteiger partial charge on any atom is -0.325 e. The number of halogens is 1. The van der Waals surface area contributed by atoms with E-state index in [1.54, 1.807) is 25.1 Å². The normalized spacial score (nSPS) is 11.1. The molecule has 2 aromatic heterocycles. The number of aryl methyl sites for hydroxylation is 2. The van der Waals surface area contributed by atoms with E-state index < -0.39 is 0 Å². The van der Waals surface area contributed by atoms with Gasteiger partial charge in [0, 0.05) is 11.3 Å². The lowest BCUT2D eigenvalue weighted by Crippen LogP contribution is -2.17. The summed E-state index contributed by atoms with van der Waals surface area (Å²) in [5.41, 5.74) is 3.60. The van der Waals surface area contributed by atoms with E-state index >= 15 is 0 Å². The van der Waals surface area contributed by atoms with Crippen molar-refractivity contribution in [3.63, 3.8) is 0 Å². The van der Waals surface area contributed by atoms with Gasteiger partial charge in [-0.15, -0.1) is 5.10 Å². The first-order chi connectivity index (χ1) is 14.9. The number of carbonyl (C=O) groups is 1. The fourth-order valence-electron chi connectivity index (χ4n) is 3.04. The van der Waals surface area contributed by atoms with Gasteiger partial charge in [0.05, 0.1) is 11.4 Å². The van der Waals surface area contributed by atoms with Gasteiger partial charge < -0.3 is 5.32 Å². The van der Waals surface area contributed by atoms with E-state index in [4.69, 9.17) is 0 Å². The Morgan fingerprint density at radius 3 is 2.68 bits per heavy atom. The summed E-state index contributed by atoms with van der Waals surface area (Å²) >= 11 is 1.12. The highest BCUT2D eigenvalue weighted by Crippen LogP contribution is 2.22. The van der Waals surface area contributed by atoms with E-state index in [0.29, 0.717) is 27.6 Å². The topological polar surface area (TPSA) is 92.1 Å². The van der Waals surface area contributed by atoms with Gasteiger partial charge in [0.15, 0.2) is 0 Å². The predicted octanol–water partition coefficient (Wildman–Crippen LogP) is 3.83. The van der Waals surface area contributed by atoms with Crippen molar-refractivity contribution in [3.8, 4) is 11.3 Å². The van der Waals surface area contributed by atoms with Gasteiger partial charge in [-0.1, -0.05) is 49.0 Å². The maximum atomic E-state index is 13.7. The molecule has 4 aromatic rings. The summed E-state index contributed by atoms with van der Waals surface area (Å²) in [7, 11) is 0. The zero-order valence-electron chi connectivity index (χ0n) is 17.0. The largest absolute Gasteiger partial charge is 0.325 e. The molecule has 2 N–H and O–H groups in total. The number of aromatic amines is 1. The average molecular weight is 438 g/mol. The standard InChI is InChI=1S/C22H20FN5O2S/c1-3-14-5-7-15(8-6-14)18-11-19-21(30)25-26-22(28(19)27-18)31-12-20(29)24-16-9-4-13(2)17(23)10-16/h4-11H,3,12H2,1-2H3,(H,24,29)(H,25,30). The van der Waals surface area contributed by atoms with E-state index in [1.165, 1.54) is 16.1 Å². The summed E-state index contributed by atoms with van der Waals surface area (Å²) in [6.07, 6.45) is 0.938. The Balaban J connectivity index is 1.54. The molecular weight excluding hydrogens is 417 g/mol. The summed E-state index contributed by atoms with van der Waals surface area (Å²) in [4.78, 5) is 24.5. The second-order valence-corrected chi connectivity index (χ2v) is 7.96. The van der Waals surface area contributed by atoms with Crippen molar-refractivity contribution in [1.82, 2.24) is 19.8 Å². The van der Waals surface area contributed by atoms with Crippen LogP contribution in [0.3, 0.4) is 0 Å². The van der Waals surface area contributed by atoms with E-state index in [2.05, 4.69) is 27.5 Å². The fourth-order valence-corrected chi connectivity index (χ4v) is 3.74. The van der Waals surface area contributed by atoms with Crippen molar-refractivity contribution in [2.75, 3.05) is 11.1 Å². The van der Waals surface area contributed by atoms with Gasteiger partial charge in [-0.2, -0.15) is 5.10 Å². The summed E-state index contributed by atoms with van der Waals surface area (Å²) in [5.74, 6) is -0.688. The summed E-state index contributed by atoms with van der Waals surface area (Å²) in [6.45, 7) is 3.74. The number of hydrogen-bond donors (Lipinski definition) is 2. The number of benzene rings is 2. The van der Waals surface area contributed by atoms with Gasteiger partial charge in [0.1, 0.15) is 11.3 Å². The Kier molecular flexibility index (Phi) is 5.85. The molecule has 7 nitrogen and oxygen atoms in total. The number of amides is 1. The number of H-pyrrole nitrogens is 1. The fraction of sp³-hybridized carbons (Fsp3) is 0.182. The van der Waals surface area contributed by atoms with E-state index in [9.17, 15) is 14.0 Å². The van der Waals surface area contributed by atoms with Crippen molar-refractivity contribution in [2.45, 2.75) is 25.4 Å². The molecule has 0 saturated heterocycles. The number of hydrogen-bond acceptors (Lipinski definition) is 5. The van der Waals surface area contributed by atoms with Crippen LogP contribution >= 0.6 is 11.8 Å². The number of rotatable bonds is 6. The van der Waals surface area contributed by atoms with Crippen molar-refractivity contribution < 1.29 is 9.18 Å². The molecule has 0 aliphatic rings. The highest BCUT2D eigenvalue weighted by atomic mass is 32.2. The van der Waals surface area contributed by atoms with E-state index in [-0.39, 0.29) is 23.0 Å². The van der Waals surface area contributed by atoms with Gasteiger partial charge >= 0.3 is 0 Å². The molecule has 2 heterocycles. The second kappa shape index (κ2) is 8.73. The predicted molar refractivity (Wildman–Crippen MR) is 119 cm³/mol. The molecule has 0 spiro atoms. The molecule has 0 aliphatic heterocycles. The van der Waals surface area contributed by atoms with Crippen LogP contribution in [0.1, 0.15) is 18.1 Å². The highest BCUT2D eigenvalue weighted by molar-refractivity contribution is 7.99.